The maximum atomic E-state index is 10.5. The fraction of sp³-hybridized carbons (Fsp3) is 0.682. The van der Waals surface area contributed by atoms with Crippen LogP contribution >= 0.6 is 0 Å². The van der Waals surface area contributed by atoms with Gasteiger partial charge in [-0.05, 0) is 61.9 Å². The molecule has 0 heterocycles. The number of hydrogen-bond donors (Lipinski definition) is 3. The average molecular weight is 365 g/mol. The first-order valence-electron chi connectivity index (χ1n) is 10.1. The summed E-state index contributed by atoms with van der Waals surface area (Å²) in [4.78, 5) is 10.5. The first-order chi connectivity index (χ1) is 12.6. The lowest BCUT2D eigenvalue weighted by Gasteiger charge is -2.20. The van der Waals surface area contributed by atoms with Crippen molar-refractivity contribution in [1.29, 1.82) is 0 Å². The van der Waals surface area contributed by atoms with Crippen LogP contribution < -0.4 is 0 Å². The van der Waals surface area contributed by atoms with Crippen molar-refractivity contribution in [2.75, 3.05) is 13.2 Å². The first kappa shape index (κ1) is 22.7. The van der Waals surface area contributed by atoms with Crippen molar-refractivity contribution in [1.82, 2.24) is 0 Å². The van der Waals surface area contributed by atoms with Crippen LogP contribution in [-0.4, -0.2) is 34.5 Å². The van der Waals surface area contributed by atoms with Gasteiger partial charge in [0.1, 0.15) is 0 Å². The summed E-state index contributed by atoms with van der Waals surface area (Å²) in [6.07, 6.45) is 18.6. The summed E-state index contributed by atoms with van der Waals surface area (Å²) in [5, 5.41) is 27.8. The monoisotopic (exact) mass is 364 g/mol. The van der Waals surface area contributed by atoms with E-state index in [0.29, 0.717) is 24.2 Å². The lowest BCUT2D eigenvalue weighted by atomic mass is 9.86. The summed E-state index contributed by atoms with van der Waals surface area (Å²) in [7, 11) is 0. The van der Waals surface area contributed by atoms with E-state index in [9.17, 15) is 15.0 Å². The minimum atomic E-state index is -0.744. The molecule has 0 aromatic rings. The number of hydrogen-bond acceptors (Lipinski definition) is 3. The number of rotatable bonds is 13. The standard InChI is InChI=1S/C22H36O4/c1-2-3-6-9-18(16-23)12-13-19-14-15-20(17-24)21(19)10-7-4-5-8-11-22(25)26/h4,7,9,12-13,19-21,23-24H,2-3,5-6,8,10-11,14-17H2,1H3,(H,25,26)/b7-4-,13-12+,18-9-. The molecule has 3 atom stereocenters. The molecule has 1 aliphatic rings. The molecule has 0 bridgehead atoms. The van der Waals surface area contributed by atoms with Gasteiger partial charge in [0.25, 0.3) is 0 Å². The summed E-state index contributed by atoms with van der Waals surface area (Å²) in [6.45, 7) is 2.46. The molecule has 0 saturated heterocycles. The molecule has 1 saturated carbocycles. The topological polar surface area (TPSA) is 77.8 Å². The normalized spacial score (nSPS) is 24.1. The van der Waals surface area contributed by atoms with Gasteiger partial charge in [-0.1, -0.05) is 50.1 Å². The fourth-order valence-electron chi connectivity index (χ4n) is 3.68. The van der Waals surface area contributed by atoms with Gasteiger partial charge in [-0.2, -0.15) is 0 Å². The van der Waals surface area contributed by atoms with Crippen molar-refractivity contribution < 1.29 is 20.1 Å². The summed E-state index contributed by atoms with van der Waals surface area (Å²) in [5.74, 6) is 0.431. The maximum absolute atomic E-state index is 10.5. The van der Waals surface area contributed by atoms with Crippen molar-refractivity contribution >= 4 is 5.97 Å². The summed E-state index contributed by atoms with van der Waals surface area (Å²) >= 11 is 0. The van der Waals surface area contributed by atoms with Crippen LogP contribution in [0.15, 0.2) is 36.0 Å². The highest BCUT2D eigenvalue weighted by molar-refractivity contribution is 5.66. The summed E-state index contributed by atoms with van der Waals surface area (Å²) in [6, 6.07) is 0. The van der Waals surface area contributed by atoms with E-state index in [0.717, 1.165) is 50.5 Å². The minimum Gasteiger partial charge on any atom is -0.481 e. The van der Waals surface area contributed by atoms with Crippen molar-refractivity contribution in [3.8, 4) is 0 Å². The Kier molecular flexibility index (Phi) is 12.0. The number of aliphatic hydroxyl groups excluding tert-OH is 2. The molecule has 1 rings (SSSR count). The Balaban J connectivity index is 2.56. The van der Waals surface area contributed by atoms with Gasteiger partial charge in [-0.25, -0.2) is 0 Å². The molecule has 0 aromatic carbocycles. The number of allylic oxidation sites excluding steroid dienone is 4. The molecule has 0 aromatic heterocycles. The molecule has 1 fully saturated rings. The third kappa shape index (κ3) is 8.81. The molecule has 0 amide bonds. The quantitative estimate of drug-likeness (QED) is 0.256. The molecule has 3 unspecified atom stereocenters. The van der Waals surface area contributed by atoms with Crippen molar-refractivity contribution in [3.63, 3.8) is 0 Å². The molecule has 0 radical (unpaired) electrons. The van der Waals surface area contributed by atoms with E-state index in [4.69, 9.17) is 5.11 Å². The van der Waals surface area contributed by atoms with Crippen molar-refractivity contribution in [3.05, 3.63) is 36.0 Å². The Bertz CT molecular complexity index is 479. The van der Waals surface area contributed by atoms with E-state index >= 15 is 0 Å². The molecular weight excluding hydrogens is 328 g/mol. The second-order valence-corrected chi connectivity index (χ2v) is 7.28. The Morgan fingerprint density at radius 1 is 1.12 bits per heavy atom. The number of carboxylic acid groups (broad SMARTS) is 1. The van der Waals surface area contributed by atoms with E-state index in [2.05, 4.69) is 37.3 Å². The Morgan fingerprint density at radius 3 is 2.58 bits per heavy atom. The summed E-state index contributed by atoms with van der Waals surface area (Å²) < 4.78 is 0. The van der Waals surface area contributed by atoms with Crippen LogP contribution in [-0.2, 0) is 4.79 Å². The zero-order valence-electron chi connectivity index (χ0n) is 16.1. The van der Waals surface area contributed by atoms with Crippen LogP contribution in [0.3, 0.4) is 0 Å². The number of aliphatic carboxylic acids is 1. The molecule has 1 aliphatic carbocycles. The fourth-order valence-corrected chi connectivity index (χ4v) is 3.68. The Hall–Kier alpha value is -1.39. The molecule has 0 aliphatic heterocycles. The predicted octanol–water partition coefficient (Wildman–Crippen LogP) is 4.49. The molecule has 4 heteroatoms. The van der Waals surface area contributed by atoms with Crippen LogP contribution in [0.1, 0.15) is 64.7 Å². The van der Waals surface area contributed by atoms with Gasteiger partial charge in [0, 0.05) is 13.0 Å². The van der Waals surface area contributed by atoms with Crippen LogP contribution in [0.25, 0.3) is 0 Å². The molecule has 148 valence electrons. The van der Waals surface area contributed by atoms with Gasteiger partial charge in [0.05, 0.1) is 6.61 Å². The molecule has 3 N–H and O–H groups in total. The third-order valence-corrected chi connectivity index (χ3v) is 5.30. The van der Waals surface area contributed by atoms with Gasteiger partial charge in [-0.3, -0.25) is 4.79 Å². The largest absolute Gasteiger partial charge is 0.481 e. The second kappa shape index (κ2) is 13.8. The minimum absolute atomic E-state index is 0.0739. The number of carbonyl (C=O) groups is 1. The van der Waals surface area contributed by atoms with Gasteiger partial charge in [0.15, 0.2) is 0 Å². The molecule has 26 heavy (non-hydrogen) atoms. The van der Waals surface area contributed by atoms with E-state index < -0.39 is 5.97 Å². The van der Waals surface area contributed by atoms with Gasteiger partial charge < -0.3 is 15.3 Å². The number of carboxylic acids is 1. The Labute approximate surface area is 158 Å². The SMILES string of the molecule is CCCC/C=C(/C=C/C1CCC(CO)C1C/C=C\CCCC(=O)O)CO. The van der Waals surface area contributed by atoms with E-state index in [1.54, 1.807) is 0 Å². The lowest BCUT2D eigenvalue weighted by molar-refractivity contribution is -0.137. The van der Waals surface area contributed by atoms with Crippen LogP contribution in [0.4, 0.5) is 0 Å². The van der Waals surface area contributed by atoms with Crippen LogP contribution in [0, 0.1) is 17.8 Å². The highest BCUT2D eigenvalue weighted by Gasteiger charge is 2.33. The second-order valence-electron chi connectivity index (χ2n) is 7.28. The van der Waals surface area contributed by atoms with Crippen LogP contribution in [0.5, 0.6) is 0 Å². The van der Waals surface area contributed by atoms with Gasteiger partial charge >= 0.3 is 5.97 Å². The van der Waals surface area contributed by atoms with Crippen molar-refractivity contribution in [2.45, 2.75) is 64.7 Å². The summed E-state index contributed by atoms with van der Waals surface area (Å²) in [5.41, 5.74) is 0.980. The van der Waals surface area contributed by atoms with Gasteiger partial charge in [0.2, 0.25) is 0 Å². The lowest BCUT2D eigenvalue weighted by Crippen LogP contribution is -2.16. The Morgan fingerprint density at radius 2 is 1.92 bits per heavy atom. The van der Waals surface area contributed by atoms with Crippen LogP contribution in [0.2, 0.25) is 0 Å². The molecule has 0 spiro atoms. The highest BCUT2D eigenvalue weighted by Crippen LogP contribution is 2.40. The smallest absolute Gasteiger partial charge is 0.303 e. The van der Waals surface area contributed by atoms with E-state index in [-0.39, 0.29) is 19.6 Å². The molecule has 4 nitrogen and oxygen atoms in total. The number of unbranched alkanes of at least 4 members (excludes halogenated alkanes) is 3. The van der Waals surface area contributed by atoms with Crippen molar-refractivity contribution in [2.24, 2.45) is 17.8 Å². The number of aliphatic hydroxyl groups is 2. The predicted molar refractivity (Wildman–Crippen MR) is 106 cm³/mol. The van der Waals surface area contributed by atoms with E-state index in [1.165, 1.54) is 0 Å². The average Bonchev–Trinajstić information content (AvgIpc) is 3.02. The maximum Gasteiger partial charge on any atom is 0.303 e. The first-order valence-corrected chi connectivity index (χ1v) is 10.1. The zero-order chi connectivity index (χ0) is 19.2. The third-order valence-electron chi connectivity index (χ3n) is 5.30. The highest BCUT2D eigenvalue weighted by atomic mass is 16.4. The molecular formula is C22H36O4. The zero-order valence-corrected chi connectivity index (χ0v) is 16.1. The van der Waals surface area contributed by atoms with Gasteiger partial charge in [-0.15, -0.1) is 0 Å². The van der Waals surface area contributed by atoms with E-state index in [1.807, 2.05) is 0 Å².